The summed E-state index contributed by atoms with van der Waals surface area (Å²) in [5, 5.41) is 5.70. The lowest BCUT2D eigenvalue weighted by molar-refractivity contribution is -0.139. The van der Waals surface area contributed by atoms with Crippen LogP contribution in [0.1, 0.15) is 10.4 Å². The molecule has 0 aliphatic heterocycles. The van der Waals surface area contributed by atoms with E-state index in [1.807, 2.05) is 36.4 Å². The molecule has 0 spiro atoms. The Labute approximate surface area is 122 Å². The second-order valence-corrected chi connectivity index (χ2v) is 4.30. The molecule has 1 amide bonds. The third-order valence-corrected chi connectivity index (χ3v) is 2.85. The van der Waals surface area contributed by atoms with E-state index in [4.69, 9.17) is 0 Å². The van der Waals surface area contributed by atoms with E-state index < -0.39 is 5.97 Å². The van der Waals surface area contributed by atoms with E-state index in [-0.39, 0.29) is 12.5 Å². The largest absolute Gasteiger partial charge is 0.468 e. The van der Waals surface area contributed by atoms with Crippen molar-refractivity contribution in [2.45, 2.75) is 0 Å². The number of benzene rings is 2. The van der Waals surface area contributed by atoms with Gasteiger partial charge >= 0.3 is 5.97 Å². The molecule has 0 atom stereocenters. The maximum Gasteiger partial charge on any atom is 0.325 e. The number of anilines is 2. The van der Waals surface area contributed by atoms with E-state index in [1.54, 1.807) is 18.2 Å². The van der Waals surface area contributed by atoms with Crippen molar-refractivity contribution in [1.29, 1.82) is 0 Å². The van der Waals surface area contributed by atoms with E-state index in [0.29, 0.717) is 11.3 Å². The summed E-state index contributed by atoms with van der Waals surface area (Å²) in [6, 6.07) is 16.6. The molecule has 0 aliphatic rings. The molecule has 2 aromatic carbocycles. The predicted molar refractivity (Wildman–Crippen MR) is 80.5 cm³/mol. The molecule has 5 nitrogen and oxygen atoms in total. The van der Waals surface area contributed by atoms with Gasteiger partial charge in [-0.2, -0.15) is 0 Å². The number of hydrogen-bond donors (Lipinski definition) is 2. The Morgan fingerprint density at radius 3 is 2.38 bits per heavy atom. The maximum atomic E-state index is 12.1. The molecule has 0 bridgehead atoms. The van der Waals surface area contributed by atoms with Crippen LogP contribution in [0.2, 0.25) is 0 Å². The molecule has 2 rings (SSSR count). The van der Waals surface area contributed by atoms with E-state index in [9.17, 15) is 9.59 Å². The van der Waals surface area contributed by atoms with Gasteiger partial charge in [0.2, 0.25) is 0 Å². The lowest BCUT2D eigenvalue weighted by Gasteiger charge is -2.11. The molecule has 5 heteroatoms. The zero-order valence-corrected chi connectivity index (χ0v) is 11.6. The fourth-order valence-electron chi connectivity index (χ4n) is 1.79. The minimum absolute atomic E-state index is 0.158. The van der Waals surface area contributed by atoms with Crippen LogP contribution in [0.4, 0.5) is 11.4 Å². The molecule has 0 saturated heterocycles. The highest BCUT2D eigenvalue weighted by Crippen LogP contribution is 2.20. The molecule has 2 N–H and O–H groups in total. The number of amides is 1. The van der Waals surface area contributed by atoms with Crippen LogP contribution >= 0.6 is 0 Å². The molecule has 0 fully saturated rings. The molecule has 2 aromatic rings. The standard InChI is InChI=1S/C16H16N2O3/c1-21-15(19)11-17-16(20)13-9-5-6-10-14(13)18-12-7-3-2-4-8-12/h2-10,18H,11H2,1H3,(H,17,20). The van der Waals surface area contributed by atoms with Crippen molar-refractivity contribution < 1.29 is 14.3 Å². The first-order valence-electron chi connectivity index (χ1n) is 6.47. The Morgan fingerprint density at radius 1 is 1.00 bits per heavy atom. The molecule has 0 saturated carbocycles. The maximum absolute atomic E-state index is 12.1. The van der Waals surface area contributed by atoms with Crippen molar-refractivity contribution in [3.63, 3.8) is 0 Å². The second-order valence-electron chi connectivity index (χ2n) is 4.30. The van der Waals surface area contributed by atoms with Gasteiger partial charge in [-0.05, 0) is 24.3 Å². The first-order valence-corrected chi connectivity index (χ1v) is 6.47. The van der Waals surface area contributed by atoms with Crippen LogP contribution in [0.3, 0.4) is 0 Å². The number of esters is 1. The summed E-state index contributed by atoms with van der Waals surface area (Å²) >= 11 is 0. The molecule has 0 heterocycles. The van der Waals surface area contributed by atoms with E-state index in [2.05, 4.69) is 15.4 Å². The number of methoxy groups -OCH3 is 1. The van der Waals surface area contributed by atoms with E-state index in [1.165, 1.54) is 7.11 Å². The van der Waals surface area contributed by atoms with Gasteiger partial charge in [0, 0.05) is 5.69 Å². The van der Waals surface area contributed by atoms with Crippen LogP contribution < -0.4 is 10.6 Å². The summed E-state index contributed by atoms with van der Waals surface area (Å²) in [7, 11) is 1.28. The summed E-state index contributed by atoms with van der Waals surface area (Å²) in [5.41, 5.74) is 2.02. The van der Waals surface area contributed by atoms with Gasteiger partial charge in [-0.1, -0.05) is 30.3 Å². The van der Waals surface area contributed by atoms with Crippen LogP contribution in [-0.2, 0) is 9.53 Å². The van der Waals surface area contributed by atoms with Gasteiger partial charge in [0.15, 0.2) is 0 Å². The van der Waals surface area contributed by atoms with Crippen molar-refractivity contribution in [1.82, 2.24) is 5.32 Å². The second kappa shape index (κ2) is 7.09. The van der Waals surface area contributed by atoms with Crippen LogP contribution in [-0.4, -0.2) is 25.5 Å². The van der Waals surface area contributed by atoms with E-state index >= 15 is 0 Å². The van der Waals surface area contributed by atoms with Gasteiger partial charge in [-0.3, -0.25) is 9.59 Å². The zero-order chi connectivity index (χ0) is 15.1. The van der Waals surface area contributed by atoms with Crippen molar-refractivity contribution in [2.75, 3.05) is 19.0 Å². The van der Waals surface area contributed by atoms with Gasteiger partial charge in [-0.15, -0.1) is 0 Å². The quantitative estimate of drug-likeness (QED) is 0.827. The fraction of sp³-hybridized carbons (Fsp3) is 0.125. The third-order valence-electron chi connectivity index (χ3n) is 2.85. The molecule has 0 aliphatic carbocycles. The normalized spacial score (nSPS) is 9.76. The Bertz CT molecular complexity index is 626. The number of hydrogen-bond acceptors (Lipinski definition) is 4. The lowest BCUT2D eigenvalue weighted by Crippen LogP contribution is -2.30. The highest BCUT2D eigenvalue weighted by molar-refractivity contribution is 6.01. The number of carbonyl (C=O) groups is 2. The number of para-hydroxylation sites is 2. The number of carbonyl (C=O) groups excluding carboxylic acids is 2. The summed E-state index contributed by atoms with van der Waals surface area (Å²) in [4.78, 5) is 23.2. The van der Waals surface area contributed by atoms with Gasteiger partial charge < -0.3 is 15.4 Å². The first kappa shape index (κ1) is 14.6. The molecule has 21 heavy (non-hydrogen) atoms. The summed E-state index contributed by atoms with van der Waals surface area (Å²) in [6.07, 6.45) is 0. The SMILES string of the molecule is COC(=O)CNC(=O)c1ccccc1Nc1ccccc1. The van der Waals surface area contributed by atoms with Gasteiger partial charge in [0.25, 0.3) is 5.91 Å². The molecule has 0 aromatic heterocycles. The first-order chi connectivity index (χ1) is 10.2. The number of ether oxygens (including phenoxy) is 1. The van der Waals surface area contributed by atoms with Crippen LogP contribution in [0.5, 0.6) is 0 Å². The number of rotatable bonds is 5. The van der Waals surface area contributed by atoms with Crippen molar-refractivity contribution in [2.24, 2.45) is 0 Å². The van der Waals surface area contributed by atoms with Crippen LogP contribution in [0, 0.1) is 0 Å². The van der Waals surface area contributed by atoms with Gasteiger partial charge in [0.05, 0.1) is 18.4 Å². The molecule has 0 radical (unpaired) electrons. The minimum Gasteiger partial charge on any atom is -0.468 e. The highest BCUT2D eigenvalue weighted by Gasteiger charge is 2.12. The Morgan fingerprint density at radius 2 is 1.67 bits per heavy atom. The fourth-order valence-corrected chi connectivity index (χ4v) is 1.79. The average molecular weight is 284 g/mol. The third kappa shape index (κ3) is 4.07. The zero-order valence-electron chi connectivity index (χ0n) is 11.6. The monoisotopic (exact) mass is 284 g/mol. The molecular formula is C16H16N2O3. The molecule has 108 valence electrons. The number of nitrogens with one attached hydrogen (secondary N) is 2. The van der Waals surface area contributed by atoms with Crippen molar-refractivity contribution >= 4 is 23.3 Å². The van der Waals surface area contributed by atoms with Crippen LogP contribution in [0.15, 0.2) is 54.6 Å². The van der Waals surface area contributed by atoms with Crippen molar-refractivity contribution in [3.05, 3.63) is 60.2 Å². The summed E-state index contributed by atoms with van der Waals surface area (Å²) in [5.74, 6) is -0.823. The summed E-state index contributed by atoms with van der Waals surface area (Å²) < 4.78 is 4.49. The molecule has 0 unspecified atom stereocenters. The van der Waals surface area contributed by atoms with Gasteiger partial charge in [0.1, 0.15) is 6.54 Å². The average Bonchev–Trinajstić information content (AvgIpc) is 2.53. The minimum atomic E-state index is -0.489. The molecular weight excluding hydrogens is 268 g/mol. The van der Waals surface area contributed by atoms with Crippen LogP contribution in [0.25, 0.3) is 0 Å². The smallest absolute Gasteiger partial charge is 0.325 e. The predicted octanol–water partition coefficient (Wildman–Crippen LogP) is 2.33. The summed E-state index contributed by atoms with van der Waals surface area (Å²) in [6.45, 7) is -0.158. The van der Waals surface area contributed by atoms with E-state index in [0.717, 1.165) is 5.69 Å². The Kier molecular flexibility index (Phi) is 4.93. The Balaban J connectivity index is 2.13. The topological polar surface area (TPSA) is 67.4 Å². The van der Waals surface area contributed by atoms with Gasteiger partial charge in [-0.25, -0.2) is 0 Å². The highest BCUT2D eigenvalue weighted by atomic mass is 16.5. The van der Waals surface area contributed by atoms with Crippen molar-refractivity contribution in [3.8, 4) is 0 Å². The Hall–Kier alpha value is -2.82. The lowest BCUT2D eigenvalue weighted by atomic mass is 10.1.